The Hall–Kier alpha value is -4.34. The average molecular weight is 491 g/mol. The van der Waals surface area contributed by atoms with Crippen LogP contribution in [0.2, 0.25) is 0 Å². The molecular formula is C26H30N6O4. The lowest BCUT2D eigenvalue weighted by Gasteiger charge is -2.12. The Morgan fingerprint density at radius 1 is 1.08 bits per heavy atom. The van der Waals surface area contributed by atoms with Crippen LogP contribution in [0.4, 0.5) is 5.82 Å². The van der Waals surface area contributed by atoms with E-state index in [1.165, 1.54) is 11.8 Å². The number of para-hydroxylation sites is 2. The second-order valence-electron chi connectivity index (χ2n) is 8.60. The predicted molar refractivity (Wildman–Crippen MR) is 140 cm³/mol. The van der Waals surface area contributed by atoms with Crippen LogP contribution in [0.1, 0.15) is 36.2 Å². The van der Waals surface area contributed by atoms with Crippen LogP contribution in [0.5, 0.6) is 17.2 Å². The standard InChI is InChI=1S/C26H30N6O4/c1-15(2)10-11-28-26(33)21-22-25(31-18-9-7-6-8-17(18)30-22)32(24(21)27)29-14-16-12-19(34-3)23(36-5)20(13-16)35-4/h6-9,12-15H,10-11,27H2,1-5H3,(H,28,33). The number of ether oxygens (including phenoxy) is 3. The van der Waals surface area contributed by atoms with E-state index >= 15 is 0 Å². The van der Waals surface area contributed by atoms with E-state index in [4.69, 9.17) is 29.9 Å². The predicted octanol–water partition coefficient (Wildman–Crippen LogP) is 3.85. The molecule has 0 spiro atoms. The molecule has 0 aliphatic rings. The number of amides is 1. The Kier molecular flexibility index (Phi) is 7.23. The number of nitrogen functional groups attached to an aromatic ring is 1. The van der Waals surface area contributed by atoms with Gasteiger partial charge in [0.2, 0.25) is 5.75 Å². The van der Waals surface area contributed by atoms with E-state index in [1.54, 1.807) is 32.6 Å². The minimum absolute atomic E-state index is 0.144. The zero-order valence-electron chi connectivity index (χ0n) is 21.0. The molecule has 10 nitrogen and oxygen atoms in total. The summed E-state index contributed by atoms with van der Waals surface area (Å²) in [6.45, 7) is 4.72. The maximum absolute atomic E-state index is 13.2. The molecule has 4 aromatic rings. The number of rotatable bonds is 9. The van der Waals surface area contributed by atoms with Gasteiger partial charge in [0.15, 0.2) is 17.1 Å². The van der Waals surface area contributed by atoms with Gasteiger partial charge in [0.05, 0.1) is 38.6 Å². The van der Waals surface area contributed by atoms with Crippen molar-refractivity contribution in [3.8, 4) is 17.2 Å². The summed E-state index contributed by atoms with van der Waals surface area (Å²) >= 11 is 0. The third-order valence-electron chi connectivity index (χ3n) is 5.72. The lowest BCUT2D eigenvalue weighted by molar-refractivity contribution is 0.0954. The smallest absolute Gasteiger partial charge is 0.257 e. The summed E-state index contributed by atoms with van der Waals surface area (Å²) in [6, 6.07) is 10.9. The van der Waals surface area contributed by atoms with Crippen LogP contribution in [-0.4, -0.2) is 54.6 Å². The number of hydrogen-bond acceptors (Lipinski definition) is 8. The third-order valence-corrected chi connectivity index (χ3v) is 5.72. The van der Waals surface area contributed by atoms with Crippen LogP contribution < -0.4 is 25.3 Å². The first kappa shape index (κ1) is 24.8. The highest BCUT2D eigenvalue weighted by Crippen LogP contribution is 2.38. The first-order chi connectivity index (χ1) is 17.4. The van der Waals surface area contributed by atoms with Crippen molar-refractivity contribution < 1.29 is 19.0 Å². The lowest BCUT2D eigenvalue weighted by atomic mass is 10.1. The summed E-state index contributed by atoms with van der Waals surface area (Å²) in [6.07, 6.45) is 2.43. The number of nitrogens with two attached hydrogens (primary N) is 1. The molecule has 4 rings (SSSR count). The number of hydrogen-bond donors (Lipinski definition) is 2. The SMILES string of the molecule is COc1cc(C=Nn2c(N)c(C(=O)NCCC(C)C)c3nc4ccccc4nc32)cc(OC)c1OC. The number of carbonyl (C=O) groups is 1. The van der Waals surface area contributed by atoms with Gasteiger partial charge in [0.25, 0.3) is 5.91 Å². The van der Waals surface area contributed by atoms with Crippen molar-refractivity contribution in [2.75, 3.05) is 33.6 Å². The minimum atomic E-state index is -0.315. The van der Waals surface area contributed by atoms with Crippen LogP contribution in [-0.2, 0) is 0 Å². The van der Waals surface area contributed by atoms with Gasteiger partial charge in [-0.2, -0.15) is 9.78 Å². The molecular weight excluding hydrogens is 460 g/mol. The number of nitrogens with one attached hydrogen (secondary N) is 1. The van der Waals surface area contributed by atoms with Gasteiger partial charge in [0.1, 0.15) is 16.9 Å². The molecule has 2 aromatic carbocycles. The first-order valence-corrected chi connectivity index (χ1v) is 11.6. The van der Waals surface area contributed by atoms with Crippen LogP contribution in [0, 0.1) is 5.92 Å². The molecule has 36 heavy (non-hydrogen) atoms. The Bertz CT molecular complexity index is 1420. The molecule has 0 fully saturated rings. The highest BCUT2D eigenvalue weighted by molar-refractivity contribution is 6.10. The van der Waals surface area contributed by atoms with Gasteiger partial charge in [0, 0.05) is 12.1 Å². The van der Waals surface area contributed by atoms with Crippen molar-refractivity contribution in [2.24, 2.45) is 11.0 Å². The molecule has 0 unspecified atom stereocenters. The van der Waals surface area contributed by atoms with Crippen LogP contribution in [0.25, 0.3) is 22.2 Å². The Labute approximate surface area is 209 Å². The van der Waals surface area contributed by atoms with Gasteiger partial charge in [-0.3, -0.25) is 4.79 Å². The average Bonchev–Trinajstić information content (AvgIpc) is 3.14. The van der Waals surface area contributed by atoms with Crippen molar-refractivity contribution in [1.29, 1.82) is 0 Å². The summed E-state index contributed by atoms with van der Waals surface area (Å²) < 4.78 is 17.7. The van der Waals surface area contributed by atoms with Crippen molar-refractivity contribution in [3.63, 3.8) is 0 Å². The summed E-state index contributed by atoms with van der Waals surface area (Å²) in [4.78, 5) is 22.6. The highest BCUT2D eigenvalue weighted by Gasteiger charge is 2.24. The molecule has 0 aliphatic heterocycles. The van der Waals surface area contributed by atoms with Crippen LogP contribution >= 0.6 is 0 Å². The minimum Gasteiger partial charge on any atom is -0.493 e. The van der Waals surface area contributed by atoms with Crippen molar-refractivity contribution in [1.82, 2.24) is 20.0 Å². The summed E-state index contributed by atoms with van der Waals surface area (Å²) in [5.74, 6) is 1.73. The lowest BCUT2D eigenvalue weighted by Crippen LogP contribution is -2.26. The number of nitrogens with zero attached hydrogens (tertiary/aromatic N) is 4. The number of carbonyl (C=O) groups excluding carboxylic acids is 1. The van der Waals surface area contributed by atoms with E-state index in [0.717, 1.165) is 6.42 Å². The molecule has 2 aromatic heterocycles. The first-order valence-electron chi connectivity index (χ1n) is 11.6. The zero-order valence-corrected chi connectivity index (χ0v) is 21.0. The number of fused-ring (bicyclic) bond motifs is 2. The number of aromatic nitrogens is 3. The molecule has 188 valence electrons. The fraction of sp³-hybridized carbons (Fsp3) is 0.308. The summed E-state index contributed by atoms with van der Waals surface area (Å²) in [7, 11) is 4.62. The van der Waals surface area contributed by atoms with E-state index in [1.807, 2.05) is 24.3 Å². The van der Waals surface area contributed by atoms with Gasteiger partial charge in [-0.25, -0.2) is 9.97 Å². The van der Waals surface area contributed by atoms with Gasteiger partial charge >= 0.3 is 0 Å². The molecule has 0 saturated carbocycles. The molecule has 2 heterocycles. The van der Waals surface area contributed by atoms with Crippen molar-refractivity contribution >= 4 is 40.1 Å². The highest BCUT2D eigenvalue weighted by atomic mass is 16.5. The van der Waals surface area contributed by atoms with Crippen molar-refractivity contribution in [2.45, 2.75) is 20.3 Å². The number of methoxy groups -OCH3 is 3. The summed E-state index contributed by atoms with van der Waals surface area (Å²) in [5, 5.41) is 7.50. The van der Waals surface area contributed by atoms with Gasteiger partial charge in [-0.15, -0.1) is 0 Å². The van der Waals surface area contributed by atoms with Gasteiger partial charge in [-0.1, -0.05) is 26.0 Å². The second-order valence-corrected chi connectivity index (χ2v) is 8.60. The summed E-state index contributed by atoms with van der Waals surface area (Å²) in [5.41, 5.74) is 9.47. The molecule has 3 N–H and O–H groups in total. The molecule has 0 saturated heterocycles. The fourth-order valence-corrected chi connectivity index (χ4v) is 3.85. The van der Waals surface area contributed by atoms with E-state index in [2.05, 4.69) is 24.3 Å². The third kappa shape index (κ3) is 4.74. The second kappa shape index (κ2) is 10.5. The zero-order chi connectivity index (χ0) is 25.8. The maximum Gasteiger partial charge on any atom is 0.257 e. The fourth-order valence-electron chi connectivity index (χ4n) is 3.85. The quantitative estimate of drug-likeness (QED) is 0.341. The molecule has 0 atom stereocenters. The topological polar surface area (TPSA) is 126 Å². The Morgan fingerprint density at radius 3 is 2.31 bits per heavy atom. The van der Waals surface area contributed by atoms with E-state index < -0.39 is 0 Å². The van der Waals surface area contributed by atoms with E-state index in [-0.39, 0.29) is 17.3 Å². The number of anilines is 1. The van der Waals surface area contributed by atoms with Crippen molar-refractivity contribution in [3.05, 3.63) is 47.5 Å². The monoisotopic (exact) mass is 490 g/mol. The molecule has 10 heteroatoms. The number of benzene rings is 2. The van der Waals surface area contributed by atoms with Gasteiger partial charge < -0.3 is 25.3 Å². The molecule has 0 aliphatic carbocycles. The molecule has 1 amide bonds. The van der Waals surface area contributed by atoms with E-state index in [9.17, 15) is 4.79 Å². The largest absolute Gasteiger partial charge is 0.493 e. The van der Waals surface area contributed by atoms with Crippen LogP contribution in [0.15, 0.2) is 41.5 Å². The molecule has 0 radical (unpaired) electrons. The van der Waals surface area contributed by atoms with Gasteiger partial charge in [-0.05, 0) is 36.6 Å². The normalized spacial score (nSPS) is 11.5. The maximum atomic E-state index is 13.2. The van der Waals surface area contributed by atoms with Crippen LogP contribution in [0.3, 0.4) is 0 Å². The Balaban J connectivity index is 1.83. The van der Waals surface area contributed by atoms with E-state index in [0.29, 0.717) is 57.5 Å². The Morgan fingerprint density at radius 2 is 1.72 bits per heavy atom. The molecule has 0 bridgehead atoms.